The van der Waals surface area contributed by atoms with Crippen molar-refractivity contribution in [1.82, 2.24) is 4.98 Å². The fraction of sp³-hybridized carbons (Fsp3) is 0.0909. The normalized spacial score (nSPS) is 10.6. The van der Waals surface area contributed by atoms with Crippen LogP contribution in [0.1, 0.15) is 9.67 Å². The van der Waals surface area contributed by atoms with Crippen LogP contribution in [0.3, 0.4) is 0 Å². The summed E-state index contributed by atoms with van der Waals surface area (Å²) in [6.45, 7) is 0. The Balaban J connectivity index is 2.55. The second-order valence-electron chi connectivity index (χ2n) is 3.35. The number of nitrogens with zero attached hydrogens (tertiary/aromatic N) is 1. The van der Waals surface area contributed by atoms with Gasteiger partial charge in [0.2, 0.25) is 0 Å². The van der Waals surface area contributed by atoms with Gasteiger partial charge in [0.05, 0.1) is 7.11 Å². The molecular formula is C11H5ClF3NO2S. The predicted molar refractivity (Wildman–Crippen MR) is 63.8 cm³/mol. The first kappa shape index (κ1) is 13.8. The van der Waals surface area contributed by atoms with Crippen LogP contribution in [0.15, 0.2) is 12.1 Å². The van der Waals surface area contributed by atoms with Crippen molar-refractivity contribution < 1.29 is 22.7 Å². The monoisotopic (exact) mass is 307 g/mol. The average molecular weight is 308 g/mol. The van der Waals surface area contributed by atoms with Crippen LogP contribution in [0.2, 0.25) is 5.15 Å². The molecule has 0 atom stereocenters. The zero-order valence-electron chi connectivity index (χ0n) is 9.34. The summed E-state index contributed by atoms with van der Waals surface area (Å²) in [6, 6.07) is 1.78. The largest absolute Gasteiger partial charge is 0.465 e. The van der Waals surface area contributed by atoms with Gasteiger partial charge >= 0.3 is 5.97 Å². The van der Waals surface area contributed by atoms with Crippen LogP contribution >= 0.6 is 22.9 Å². The molecular weight excluding hydrogens is 303 g/mol. The third kappa shape index (κ3) is 2.43. The minimum atomic E-state index is -1.61. The summed E-state index contributed by atoms with van der Waals surface area (Å²) in [4.78, 5) is 15.0. The molecule has 0 saturated heterocycles. The van der Waals surface area contributed by atoms with E-state index in [9.17, 15) is 18.0 Å². The van der Waals surface area contributed by atoms with Crippen molar-refractivity contribution in [3.8, 4) is 10.6 Å². The molecule has 2 rings (SSSR count). The number of ether oxygens (including phenoxy) is 1. The molecule has 1 heterocycles. The number of carbonyl (C=O) groups excluding carboxylic acids is 1. The highest BCUT2D eigenvalue weighted by molar-refractivity contribution is 7.17. The van der Waals surface area contributed by atoms with Crippen LogP contribution < -0.4 is 0 Å². The molecule has 1 aromatic carbocycles. The first-order valence-corrected chi connectivity index (χ1v) is 6.03. The quantitative estimate of drug-likeness (QED) is 0.628. The van der Waals surface area contributed by atoms with Crippen molar-refractivity contribution >= 4 is 28.9 Å². The van der Waals surface area contributed by atoms with Gasteiger partial charge < -0.3 is 4.74 Å². The molecule has 0 radical (unpaired) electrons. The van der Waals surface area contributed by atoms with E-state index in [-0.39, 0.29) is 20.6 Å². The number of halogens is 4. The van der Waals surface area contributed by atoms with E-state index in [2.05, 4.69) is 9.72 Å². The summed E-state index contributed by atoms with van der Waals surface area (Å²) in [7, 11) is 1.15. The number of hydrogen-bond donors (Lipinski definition) is 0. The second-order valence-corrected chi connectivity index (χ2v) is 4.71. The molecule has 1 aromatic heterocycles. The van der Waals surface area contributed by atoms with Gasteiger partial charge in [-0.2, -0.15) is 0 Å². The molecule has 0 fully saturated rings. The van der Waals surface area contributed by atoms with Crippen LogP contribution in [0.5, 0.6) is 0 Å². The summed E-state index contributed by atoms with van der Waals surface area (Å²) in [6.07, 6.45) is 0. The number of esters is 1. The summed E-state index contributed by atoms with van der Waals surface area (Å²) in [5.74, 6) is -5.04. The van der Waals surface area contributed by atoms with Gasteiger partial charge in [0.25, 0.3) is 0 Å². The van der Waals surface area contributed by atoms with Crippen LogP contribution in [-0.4, -0.2) is 18.1 Å². The zero-order chi connectivity index (χ0) is 14.2. The number of thiazole rings is 1. The SMILES string of the molecule is COC(=O)c1sc(-c2ccc(F)c(F)c2F)nc1Cl. The number of rotatable bonds is 2. The van der Waals surface area contributed by atoms with E-state index in [4.69, 9.17) is 11.6 Å². The molecule has 0 aliphatic heterocycles. The highest BCUT2D eigenvalue weighted by atomic mass is 35.5. The van der Waals surface area contributed by atoms with Crippen molar-refractivity contribution in [3.63, 3.8) is 0 Å². The number of carbonyl (C=O) groups is 1. The lowest BCUT2D eigenvalue weighted by atomic mass is 10.2. The van der Waals surface area contributed by atoms with E-state index < -0.39 is 23.4 Å². The summed E-state index contributed by atoms with van der Waals surface area (Å²) >= 11 is 6.43. The fourth-order valence-corrected chi connectivity index (χ4v) is 2.55. The van der Waals surface area contributed by atoms with Crippen LogP contribution in [-0.2, 0) is 4.74 Å². The molecule has 100 valence electrons. The molecule has 0 unspecified atom stereocenters. The molecule has 0 saturated carbocycles. The highest BCUT2D eigenvalue weighted by Crippen LogP contribution is 2.33. The lowest BCUT2D eigenvalue weighted by Crippen LogP contribution is -1.98. The minimum Gasteiger partial charge on any atom is -0.465 e. The second kappa shape index (κ2) is 5.18. The molecule has 0 aliphatic carbocycles. The average Bonchev–Trinajstić information content (AvgIpc) is 2.77. The predicted octanol–water partition coefficient (Wildman–Crippen LogP) is 3.67. The standard InChI is InChI=1S/C11H5ClF3NO2S/c1-18-11(17)8-9(12)16-10(19-8)4-2-3-5(13)7(15)6(4)14/h2-3H,1H3. The maximum atomic E-state index is 13.6. The van der Waals surface area contributed by atoms with Gasteiger partial charge in [-0.25, -0.2) is 22.9 Å². The Labute approximate surface area is 114 Å². The van der Waals surface area contributed by atoms with Crippen molar-refractivity contribution in [3.05, 3.63) is 39.6 Å². The van der Waals surface area contributed by atoms with E-state index in [1.807, 2.05) is 0 Å². The number of aromatic nitrogens is 1. The Morgan fingerprint density at radius 1 is 1.32 bits per heavy atom. The molecule has 0 spiro atoms. The summed E-state index contributed by atoms with van der Waals surface area (Å²) in [5.41, 5.74) is -0.277. The smallest absolute Gasteiger partial charge is 0.351 e. The molecule has 0 amide bonds. The lowest BCUT2D eigenvalue weighted by molar-refractivity contribution is 0.0606. The first-order chi connectivity index (χ1) is 8.95. The van der Waals surface area contributed by atoms with E-state index in [1.165, 1.54) is 0 Å². The number of benzene rings is 1. The van der Waals surface area contributed by atoms with Crippen LogP contribution in [0, 0.1) is 17.5 Å². The van der Waals surface area contributed by atoms with Gasteiger partial charge in [0.15, 0.2) is 27.5 Å². The van der Waals surface area contributed by atoms with Crippen molar-refractivity contribution in [2.45, 2.75) is 0 Å². The molecule has 3 nitrogen and oxygen atoms in total. The Morgan fingerprint density at radius 2 is 2.00 bits per heavy atom. The van der Waals surface area contributed by atoms with Gasteiger partial charge in [0.1, 0.15) is 5.01 Å². The number of hydrogen-bond acceptors (Lipinski definition) is 4. The topological polar surface area (TPSA) is 39.2 Å². The van der Waals surface area contributed by atoms with E-state index in [0.29, 0.717) is 0 Å². The Morgan fingerprint density at radius 3 is 2.63 bits per heavy atom. The van der Waals surface area contributed by atoms with Gasteiger partial charge in [0, 0.05) is 5.56 Å². The van der Waals surface area contributed by atoms with Crippen LogP contribution in [0.4, 0.5) is 13.2 Å². The van der Waals surface area contributed by atoms with Crippen LogP contribution in [0.25, 0.3) is 10.6 Å². The lowest BCUT2D eigenvalue weighted by Gasteiger charge is -2.00. The van der Waals surface area contributed by atoms with Crippen molar-refractivity contribution in [1.29, 1.82) is 0 Å². The van der Waals surface area contributed by atoms with Gasteiger partial charge in [-0.3, -0.25) is 0 Å². The highest BCUT2D eigenvalue weighted by Gasteiger charge is 2.22. The zero-order valence-corrected chi connectivity index (χ0v) is 10.9. The maximum Gasteiger partial charge on any atom is 0.351 e. The molecule has 0 aliphatic rings. The fourth-order valence-electron chi connectivity index (χ4n) is 1.33. The van der Waals surface area contributed by atoms with E-state index in [1.54, 1.807) is 0 Å². The third-order valence-electron chi connectivity index (χ3n) is 2.22. The molecule has 0 bridgehead atoms. The molecule has 8 heteroatoms. The first-order valence-electron chi connectivity index (χ1n) is 4.84. The third-order valence-corrected chi connectivity index (χ3v) is 3.68. The number of methoxy groups -OCH3 is 1. The Bertz CT molecular complexity index is 660. The minimum absolute atomic E-state index is 0.0386. The summed E-state index contributed by atoms with van der Waals surface area (Å²) < 4.78 is 43.9. The maximum absolute atomic E-state index is 13.6. The van der Waals surface area contributed by atoms with Gasteiger partial charge in [-0.15, -0.1) is 11.3 Å². The van der Waals surface area contributed by atoms with Crippen molar-refractivity contribution in [2.75, 3.05) is 7.11 Å². The van der Waals surface area contributed by atoms with E-state index in [0.717, 1.165) is 30.6 Å². The summed E-state index contributed by atoms with van der Waals surface area (Å²) in [5, 5.41) is -0.224. The van der Waals surface area contributed by atoms with E-state index >= 15 is 0 Å². The Hall–Kier alpha value is -1.60. The molecule has 19 heavy (non-hydrogen) atoms. The van der Waals surface area contributed by atoms with Crippen molar-refractivity contribution in [2.24, 2.45) is 0 Å². The molecule has 0 N–H and O–H groups in total. The van der Waals surface area contributed by atoms with Gasteiger partial charge in [-0.05, 0) is 12.1 Å². The Kier molecular flexibility index (Phi) is 3.77. The molecule has 2 aromatic rings. The van der Waals surface area contributed by atoms with Gasteiger partial charge in [-0.1, -0.05) is 11.6 Å².